The first kappa shape index (κ1) is 25.3. The number of rotatable bonds is 6. The van der Waals surface area contributed by atoms with Gasteiger partial charge in [0, 0.05) is 12.7 Å². The summed E-state index contributed by atoms with van der Waals surface area (Å²) in [4.78, 5) is 35.7. The normalized spacial score (nSPS) is 11.8. The van der Waals surface area contributed by atoms with Crippen molar-refractivity contribution in [1.82, 2.24) is 14.6 Å². The third kappa shape index (κ3) is 6.46. The fourth-order valence-electron chi connectivity index (χ4n) is 2.26. The van der Waals surface area contributed by atoms with Crippen LogP contribution < -0.4 is 15.5 Å². The number of nitrogens with one attached hydrogen (secondary N) is 2. The number of nitrogens with zero attached hydrogens (tertiary/aromatic N) is 1. The summed E-state index contributed by atoms with van der Waals surface area (Å²) in [6.07, 6.45) is 2.13. The molecule has 0 aliphatic carbocycles. The molecule has 0 spiro atoms. The fourth-order valence-corrected chi connectivity index (χ4v) is 2.96. The maximum Gasteiger partial charge on any atom is 2.00 e. The van der Waals surface area contributed by atoms with Crippen molar-refractivity contribution in [2.24, 2.45) is 7.05 Å². The second kappa shape index (κ2) is 10.0. The van der Waals surface area contributed by atoms with Crippen LogP contribution in [0.15, 0.2) is 29.2 Å². The van der Waals surface area contributed by atoms with Gasteiger partial charge in [-0.15, -0.1) is 0 Å². The number of carboxylic acid groups (broad SMARTS) is 1. The summed E-state index contributed by atoms with van der Waals surface area (Å²) in [6.45, 7) is -0.509. The minimum Gasteiger partial charge on any atom is -0.480 e. The zero-order valence-corrected chi connectivity index (χ0v) is 19.9. The molecule has 1 unspecified atom stereocenters. The van der Waals surface area contributed by atoms with E-state index >= 15 is 0 Å². The number of aliphatic carboxylic acids is 1. The van der Waals surface area contributed by atoms with Gasteiger partial charge >= 0.3 is 37.1 Å². The summed E-state index contributed by atoms with van der Waals surface area (Å²) in [7, 11) is -2.13. The molecule has 3 N–H and O–H groups in total. The summed E-state index contributed by atoms with van der Waals surface area (Å²) in [5.74, 6) is -2.25. The molecule has 0 aliphatic rings. The Bertz CT molecular complexity index is 1000. The molecule has 9 nitrogen and oxygen atoms in total. The van der Waals surface area contributed by atoms with E-state index in [4.69, 9.17) is 5.11 Å². The molecular formula is C16H19N3O6SU. The molecule has 1 amide bonds. The molecule has 0 saturated heterocycles. The molecule has 1 atom stereocenters. The molecule has 0 radical (unpaired) electrons. The van der Waals surface area contributed by atoms with E-state index in [0.717, 1.165) is 6.26 Å². The van der Waals surface area contributed by atoms with E-state index in [9.17, 15) is 22.8 Å². The SMILES string of the molecule is Cn1cc(C(=O)NCC(NS(C)(=O)=O)C(=O)O)c(=O)c2cc[c-]cc21.[CH3-].[U+2]. The van der Waals surface area contributed by atoms with Crippen LogP contribution in [0.4, 0.5) is 0 Å². The van der Waals surface area contributed by atoms with Crippen molar-refractivity contribution in [1.29, 1.82) is 0 Å². The van der Waals surface area contributed by atoms with E-state index in [-0.39, 0.29) is 44.1 Å². The standard InChI is InChI=1S/C15H16N3O6S.CH3.U/c1-18-8-10(13(19)9-5-3-4-6-12(9)18)14(20)16-7-11(15(21)22)17-25(2,23)24;;/h3,5-6,8,11,17H,7H2,1-2H3,(H,16,20)(H,21,22);1H3;/q2*-1;+2. The van der Waals surface area contributed by atoms with E-state index < -0.39 is 39.9 Å². The fraction of sp³-hybridized carbons (Fsp3) is 0.250. The van der Waals surface area contributed by atoms with Gasteiger partial charge in [-0.2, -0.15) is 29.0 Å². The third-order valence-electron chi connectivity index (χ3n) is 3.40. The molecule has 27 heavy (non-hydrogen) atoms. The maximum atomic E-state index is 12.4. The number of fused-ring (bicyclic) bond motifs is 1. The van der Waals surface area contributed by atoms with Gasteiger partial charge in [0.15, 0.2) is 5.43 Å². The van der Waals surface area contributed by atoms with Crippen molar-refractivity contribution in [3.05, 3.63) is 53.7 Å². The molecule has 1 heterocycles. The van der Waals surface area contributed by atoms with Crippen molar-refractivity contribution in [3.63, 3.8) is 0 Å². The van der Waals surface area contributed by atoms with Gasteiger partial charge in [0.05, 0.1) is 6.26 Å². The van der Waals surface area contributed by atoms with E-state index in [1.165, 1.54) is 12.3 Å². The zero-order chi connectivity index (χ0) is 18.8. The number of pyridine rings is 1. The first-order valence-electron chi connectivity index (χ1n) is 7.08. The van der Waals surface area contributed by atoms with Gasteiger partial charge in [-0.25, -0.2) is 8.42 Å². The largest absolute Gasteiger partial charge is 2.00 e. The monoisotopic (exact) mass is 619 g/mol. The second-order valence-electron chi connectivity index (χ2n) is 5.42. The second-order valence-corrected chi connectivity index (χ2v) is 7.20. The first-order chi connectivity index (χ1) is 11.6. The third-order valence-corrected chi connectivity index (χ3v) is 4.11. The smallest absolute Gasteiger partial charge is 0.480 e. The van der Waals surface area contributed by atoms with E-state index in [2.05, 4.69) is 11.4 Å². The van der Waals surface area contributed by atoms with Gasteiger partial charge in [-0.1, -0.05) is 10.9 Å². The number of sulfonamides is 1. The molecule has 11 heteroatoms. The summed E-state index contributed by atoms with van der Waals surface area (Å²) in [5, 5.41) is 11.6. The molecule has 2 aromatic rings. The maximum absolute atomic E-state index is 12.4. The number of hydrogen-bond acceptors (Lipinski definition) is 5. The number of carboxylic acids is 1. The van der Waals surface area contributed by atoms with Crippen LogP contribution in [0.25, 0.3) is 10.9 Å². The Hall–Kier alpha value is -1.67. The van der Waals surface area contributed by atoms with Crippen LogP contribution in [0.5, 0.6) is 0 Å². The minimum absolute atomic E-state index is 0. The van der Waals surface area contributed by atoms with Gasteiger partial charge in [-0.05, 0) is 7.05 Å². The van der Waals surface area contributed by atoms with Crippen LogP contribution in [-0.4, -0.2) is 48.8 Å². The van der Waals surface area contributed by atoms with Crippen molar-refractivity contribution >= 4 is 32.8 Å². The van der Waals surface area contributed by atoms with E-state index in [1.54, 1.807) is 23.7 Å². The summed E-state index contributed by atoms with van der Waals surface area (Å²) >= 11 is 0. The van der Waals surface area contributed by atoms with Crippen LogP contribution in [0.3, 0.4) is 0 Å². The van der Waals surface area contributed by atoms with Gasteiger partial charge in [-0.3, -0.25) is 14.4 Å². The molecule has 1 aromatic carbocycles. The Morgan fingerprint density at radius 2 is 2.00 bits per heavy atom. The van der Waals surface area contributed by atoms with Crippen LogP contribution >= 0.6 is 0 Å². The molecule has 0 fully saturated rings. The number of benzene rings is 1. The summed E-state index contributed by atoms with van der Waals surface area (Å²) in [5.41, 5.74) is -0.0987. The Kier molecular flexibility index (Phi) is 9.41. The van der Waals surface area contributed by atoms with Gasteiger partial charge in [0.1, 0.15) is 11.6 Å². The molecule has 2 rings (SSSR count). The van der Waals surface area contributed by atoms with Crippen LogP contribution in [-0.2, 0) is 21.9 Å². The predicted molar refractivity (Wildman–Crippen MR) is 96.2 cm³/mol. The van der Waals surface area contributed by atoms with Gasteiger partial charge < -0.3 is 22.4 Å². The number of aromatic nitrogens is 1. The summed E-state index contributed by atoms with van der Waals surface area (Å²) < 4.78 is 25.8. The first-order valence-corrected chi connectivity index (χ1v) is 8.97. The molecule has 0 saturated carbocycles. The molecule has 0 aliphatic heterocycles. The number of amides is 1. The average molecular weight is 619 g/mol. The number of aryl methyl sites for hydroxylation is 1. The Morgan fingerprint density at radius 3 is 2.56 bits per heavy atom. The summed E-state index contributed by atoms with van der Waals surface area (Å²) in [6, 6.07) is 5.97. The van der Waals surface area contributed by atoms with Crippen molar-refractivity contribution in [2.45, 2.75) is 6.04 Å². The van der Waals surface area contributed by atoms with E-state index in [1.807, 2.05) is 4.72 Å². The molecule has 1 aromatic heterocycles. The number of hydrogen-bond donors (Lipinski definition) is 3. The Morgan fingerprint density at radius 1 is 1.37 bits per heavy atom. The van der Waals surface area contributed by atoms with E-state index in [0.29, 0.717) is 10.9 Å². The van der Waals surface area contributed by atoms with Gasteiger partial charge in [0.2, 0.25) is 10.0 Å². The predicted octanol–water partition coefficient (Wildman–Crippen LogP) is -0.479. The minimum atomic E-state index is -3.78. The number of carbonyl (C=O) groups is 2. The molecule has 0 bridgehead atoms. The average Bonchev–Trinajstić information content (AvgIpc) is 2.53. The van der Waals surface area contributed by atoms with Crippen LogP contribution in [0.1, 0.15) is 10.4 Å². The van der Waals surface area contributed by atoms with Crippen molar-refractivity contribution < 1.29 is 54.2 Å². The molecule has 144 valence electrons. The van der Waals surface area contributed by atoms with Crippen LogP contribution in [0.2, 0.25) is 0 Å². The van der Waals surface area contributed by atoms with Crippen molar-refractivity contribution in [3.8, 4) is 0 Å². The Balaban J connectivity index is 0.00000338. The quantitative estimate of drug-likeness (QED) is 0.375. The van der Waals surface area contributed by atoms with Crippen LogP contribution in [0, 0.1) is 44.6 Å². The zero-order valence-electron chi connectivity index (χ0n) is 14.9. The number of carbonyl (C=O) groups excluding carboxylic acids is 1. The Labute approximate surface area is 180 Å². The molecular weight excluding hydrogens is 600 g/mol. The van der Waals surface area contributed by atoms with Crippen molar-refractivity contribution in [2.75, 3.05) is 12.8 Å². The topological polar surface area (TPSA) is 135 Å². The van der Waals surface area contributed by atoms with Gasteiger partial charge in [0.25, 0.3) is 5.91 Å².